The third-order valence-electron chi connectivity index (χ3n) is 6.15. The van der Waals surface area contributed by atoms with Gasteiger partial charge in [0.1, 0.15) is 0 Å². The number of rotatable bonds is 2. The van der Waals surface area contributed by atoms with Gasteiger partial charge < -0.3 is 14.8 Å². The molecule has 6 rings (SSSR count). The third-order valence-corrected chi connectivity index (χ3v) is 6.15. The first-order chi connectivity index (χ1) is 14.6. The molecule has 5 nitrogen and oxygen atoms in total. The van der Waals surface area contributed by atoms with Gasteiger partial charge in [0, 0.05) is 41.3 Å². The molecule has 0 radical (unpaired) electrons. The topological polar surface area (TPSA) is 64.6 Å². The third kappa shape index (κ3) is 2.55. The monoisotopic (exact) mass is 397 g/mol. The maximum atomic E-state index is 12.8. The van der Waals surface area contributed by atoms with Crippen LogP contribution in [0.3, 0.4) is 0 Å². The molecule has 5 heteroatoms. The van der Waals surface area contributed by atoms with Crippen molar-refractivity contribution in [2.75, 3.05) is 5.32 Å². The van der Waals surface area contributed by atoms with E-state index in [0.717, 1.165) is 42.6 Å². The van der Waals surface area contributed by atoms with Gasteiger partial charge >= 0.3 is 0 Å². The second-order valence-corrected chi connectivity index (χ2v) is 8.07. The lowest BCUT2D eigenvalue weighted by molar-refractivity contribution is -0.0716. The smallest absolute Gasteiger partial charge is 0.255 e. The van der Waals surface area contributed by atoms with Gasteiger partial charge in [-0.2, -0.15) is 0 Å². The number of hydrogen-bond acceptors (Lipinski definition) is 4. The number of ether oxygens (including phenoxy) is 2. The number of nitrogens with one attached hydrogen (secondary N) is 1. The first-order valence-corrected chi connectivity index (χ1v) is 10.2. The van der Waals surface area contributed by atoms with Gasteiger partial charge in [0.25, 0.3) is 11.7 Å². The fraction of sp³-hybridized carbons (Fsp3) is 0.200. The van der Waals surface area contributed by atoms with Crippen LogP contribution in [0.25, 0.3) is 11.1 Å². The van der Waals surface area contributed by atoms with E-state index >= 15 is 0 Å². The predicted octanol–water partition coefficient (Wildman–Crippen LogP) is 5.19. The fourth-order valence-electron chi connectivity index (χ4n) is 4.66. The van der Waals surface area contributed by atoms with E-state index in [1.54, 1.807) is 18.2 Å². The highest BCUT2D eigenvalue weighted by Gasteiger charge is 2.44. The maximum Gasteiger partial charge on any atom is 0.255 e. The summed E-state index contributed by atoms with van der Waals surface area (Å²) < 4.78 is 12.1. The van der Waals surface area contributed by atoms with Crippen molar-refractivity contribution in [3.8, 4) is 22.6 Å². The molecule has 0 bridgehead atoms. The van der Waals surface area contributed by atoms with Crippen LogP contribution in [-0.2, 0) is 0 Å². The van der Waals surface area contributed by atoms with E-state index in [1.165, 1.54) is 0 Å². The number of anilines is 1. The van der Waals surface area contributed by atoms with Crippen molar-refractivity contribution in [1.29, 1.82) is 0 Å². The molecule has 30 heavy (non-hydrogen) atoms. The summed E-state index contributed by atoms with van der Waals surface area (Å²) in [4.78, 5) is 25.6. The van der Waals surface area contributed by atoms with Crippen LogP contribution in [0, 0.1) is 0 Å². The summed E-state index contributed by atoms with van der Waals surface area (Å²) in [6, 6.07) is 18.2. The van der Waals surface area contributed by atoms with Crippen LogP contribution < -0.4 is 14.8 Å². The van der Waals surface area contributed by atoms with Crippen molar-refractivity contribution in [1.82, 2.24) is 0 Å². The lowest BCUT2D eigenvalue weighted by Gasteiger charge is -2.21. The van der Waals surface area contributed by atoms with Crippen LogP contribution in [-0.4, -0.2) is 17.5 Å². The lowest BCUT2D eigenvalue weighted by atomic mass is 10.0. The highest BCUT2D eigenvalue weighted by atomic mass is 16.7. The molecular weight excluding hydrogens is 378 g/mol. The molecule has 148 valence electrons. The Morgan fingerprint density at radius 2 is 1.53 bits per heavy atom. The number of carbonyl (C=O) groups is 2. The zero-order valence-corrected chi connectivity index (χ0v) is 16.2. The predicted molar refractivity (Wildman–Crippen MR) is 112 cm³/mol. The zero-order chi connectivity index (χ0) is 20.3. The Bertz CT molecular complexity index is 1220. The van der Waals surface area contributed by atoms with E-state index in [-0.39, 0.29) is 11.7 Å². The Morgan fingerprint density at radius 3 is 2.37 bits per heavy atom. The summed E-state index contributed by atoms with van der Waals surface area (Å²) >= 11 is 0. The molecule has 0 saturated heterocycles. The van der Waals surface area contributed by atoms with Crippen LogP contribution in [0.4, 0.5) is 5.69 Å². The van der Waals surface area contributed by atoms with Gasteiger partial charge in [-0.05, 0) is 48.2 Å². The number of fused-ring (bicyclic) bond motifs is 4. The normalized spacial score (nSPS) is 17.1. The second-order valence-electron chi connectivity index (χ2n) is 8.07. The van der Waals surface area contributed by atoms with Gasteiger partial charge in [0.2, 0.25) is 0 Å². The summed E-state index contributed by atoms with van der Waals surface area (Å²) in [6.07, 6.45) is 3.96. The molecule has 1 N–H and O–H groups in total. The molecule has 3 aliphatic rings. The van der Waals surface area contributed by atoms with E-state index < -0.39 is 5.79 Å². The quantitative estimate of drug-likeness (QED) is 0.505. The lowest BCUT2D eigenvalue weighted by Crippen LogP contribution is -2.34. The summed E-state index contributed by atoms with van der Waals surface area (Å²) in [5.41, 5.74) is 4.12. The number of ketones is 1. The van der Waals surface area contributed by atoms with Gasteiger partial charge in [-0.1, -0.05) is 30.3 Å². The molecule has 1 saturated carbocycles. The standard InChI is InChI=1S/C25H19NO4/c27-23-19-6-2-1-5-17(19)18-9-7-15(13-20(18)23)24(28)26-16-8-10-21-22(14-16)30-25(29-21)11-3-4-12-25/h1-2,5-10,13-14H,3-4,11-12H2,(H,26,28). The van der Waals surface area contributed by atoms with Crippen molar-refractivity contribution >= 4 is 17.4 Å². The Morgan fingerprint density at radius 1 is 0.800 bits per heavy atom. The molecule has 0 atom stereocenters. The Balaban J connectivity index is 1.25. The first-order valence-electron chi connectivity index (χ1n) is 10.2. The maximum absolute atomic E-state index is 12.8. The number of hydrogen-bond donors (Lipinski definition) is 1. The van der Waals surface area contributed by atoms with Crippen LogP contribution in [0.5, 0.6) is 11.5 Å². The van der Waals surface area contributed by atoms with E-state index in [2.05, 4.69) is 5.32 Å². The largest absolute Gasteiger partial charge is 0.448 e. The van der Waals surface area contributed by atoms with Gasteiger partial charge in [0.05, 0.1) is 0 Å². The molecule has 2 aliphatic carbocycles. The van der Waals surface area contributed by atoms with Crippen molar-refractivity contribution in [3.63, 3.8) is 0 Å². The van der Waals surface area contributed by atoms with Crippen LogP contribution in [0.1, 0.15) is 52.0 Å². The average molecular weight is 397 g/mol. The molecule has 3 aromatic carbocycles. The van der Waals surface area contributed by atoms with E-state index in [9.17, 15) is 9.59 Å². The number of amides is 1. The summed E-state index contributed by atoms with van der Waals surface area (Å²) in [5.74, 6) is 0.543. The van der Waals surface area contributed by atoms with Crippen molar-refractivity contribution in [2.45, 2.75) is 31.5 Å². The van der Waals surface area contributed by atoms with Gasteiger partial charge in [-0.15, -0.1) is 0 Å². The Labute approximate surface area is 173 Å². The molecule has 1 amide bonds. The Kier molecular flexibility index (Phi) is 3.57. The summed E-state index contributed by atoms with van der Waals surface area (Å²) in [6.45, 7) is 0. The first kappa shape index (κ1) is 17.3. The minimum Gasteiger partial charge on any atom is -0.448 e. The molecule has 0 unspecified atom stereocenters. The second kappa shape index (κ2) is 6.20. The molecule has 0 aromatic heterocycles. The number of benzene rings is 3. The van der Waals surface area contributed by atoms with E-state index in [0.29, 0.717) is 28.1 Å². The molecule has 1 fully saturated rings. The molecule has 1 heterocycles. The highest BCUT2D eigenvalue weighted by Crippen LogP contribution is 2.47. The fourth-order valence-corrected chi connectivity index (χ4v) is 4.66. The van der Waals surface area contributed by atoms with Gasteiger partial charge in [0.15, 0.2) is 17.3 Å². The van der Waals surface area contributed by atoms with Crippen molar-refractivity contribution in [2.24, 2.45) is 0 Å². The molecule has 1 spiro atoms. The van der Waals surface area contributed by atoms with Crippen LogP contribution >= 0.6 is 0 Å². The van der Waals surface area contributed by atoms with Gasteiger partial charge in [-0.3, -0.25) is 9.59 Å². The summed E-state index contributed by atoms with van der Waals surface area (Å²) in [5, 5.41) is 2.91. The molecule has 3 aromatic rings. The molecule has 1 aliphatic heterocycles. The number of carbonyl (C=O) groups excluding carboxylic acids is 2. The van der Waals surface area contributed by atoms with E-state index in [4.69, 9.17) is 9.47 Å². The average Bonchev–Trinajstić information content (AvgIpc) is 3.45. The van der Waals surface area contributed by atoms with Crippen LogP contribution in [0.2, 0.25) is 0 Å². The van der Waals surface area contributed by atoms with Gasteiger partial charge in [-0.25, -0.2) is 0 Å². The zero-order valence-electron chi connectivity index (χ0n) is 16.2. The van der Waals surface area contributed by atoms with Crippen molar-refractivity contribution < 1.29 is 19.1 Å². The van der Waals surface area contributed by atoms with Crippen molar-refractivity contribution in [3.05, 3.63) is 77.4 Å². The summed E-state index contributed by atoms with van der Waals surface area (Å²) in [7, 11) is 0. The minimum absolute atomic E-state index is 0.0415. The SMILES string of the molecule is O=C(Nc1ccc2c(c1)OC1(CCCC1)O2)c1ccc2c(c1)C(=O)c1ccccc1-2. The van der Waals surface area contributed by atoms with Crippen LogP contribution in [0.15, 0.2) is 60.7 Å². The molecular formula is C25H19NO4. The minimum atomic E-state index is -0.527. The Hall–Kier alpha value is -3.60. The van der Waals surface area contributed by atoms with E-state index in [1.807, 2.05) is 42.5 Å². The highest BCUT2D eigenvalue weighted by molar-refractivity contribution is 6.22.